The SMILES string of the molecule is CNC(=O)C(C)CN(C)C(=O)NCc1ccccc1. The third-order valence-corrected chi connectivity index (χ3v) is 2.87. The first-order valence-corrected chi connectivity index (χ1v) is 6.29. The first-order valence-electron chi connectivity index (χ1n) is 6.29. The van der Waals surface area contributed by atoms with Gasteiger partial charge in [-0.1, -0.05) is 37.3 Å². The van der Waals surface area contributed by atoms with Crippen molar-refractivity contribution >= 4 is 11.9 Å². The number of nitrogens with zero attached hydrogens (tertiary/aromatic N) is 1. The standard InChI is InChI=1S/C14H21N3O2/c1-11(13(18)15-2)10-17(3)14(19)16-9-12-7-5-4-6-8-12/h4-8,11H,9-10H2,1-3H3,(H,15,18)(H,16,19). The maximum Gasteiger partial charge on any atom is 0.317 e. The van der Waals surface area contributed by atoms with Gasteiger partial charge in [0.05, 0.1) is 5.92 Å². The summed E-state index contributed by atoms with van der Waals surface area (Å²) < 4.78 is 0. The van der Waals surface area contributed by atoms with Crippen LogP contribution in [0.5, 0.6) is 0 Å². The normalized spacial score (nSPS) is 11.5. The Labute approximate surface area is 114 Å². The van der Waals surface area contributed by atoms with Crippen LogP contribution in [-0.2, 0) is 11.3 Å². The molecule has 0 radical (unpaired) electrons. The van der Waals surface area contributed by atoms with Crippen LogP contribution in [0.4, 0.5) is 4.79 Å². The van der Waals surface area contributed by atoms with Gasteiger partial charge in [0.2, 0.25) is 5.91 Å². The first-order chi connectivity index (χ1) is 9.04. The minimum absolute atomic E-state index is 0.0669. The number of hydrogen-bond donors (Lipinski definition) is 2. The zero-order chi connectivity index (χ0) is 14.3. The van der Waals surface area contributed by atoms with E-state index in [9.17, 15) is 9.59 Å². The van der Waals surface area contributed by atoms with Crippen LogP contribution in [0.25, 0.3) is 0 Å². The summed E-state index contributed by atoms with van der Waals surface area (Å²) in [6.45, 7) is 2.67. The molecule has 1 atom stereocenters. The summed E-state index contributed by atoms with van der Waals surface area (Å²) in [5.41, 5.74) is 1.04. The number of benzene rings is 1. The molecule has 1 aromatic carbocycles. The highest BCUT2D eigenvalue weighted by atomic mass is 16.2. The van der Waals surface area contributed by atoms with Gasteiger partial charge in [-0.2, -0.15) is 0 Å². The summed E-state index contributed by atoms with van der Waals surface area (Å²) in [5.74, 6) is -0.291. The number of carbonyl (C=O) groups is 2. The summed E-state index contributed by atoms with van der Waals surface area (Å²) >= 11 is 0. The molecule has 104 valence electrons. The van der Waals surface area contributed by atoms with Crippen molar-refractivity contribution in [1.82, 2.24) is 15.5 Å². The predicted molar refractivity (Wildman–Crippen MR) is 74.5 cm³/mol. The van der Waals surface area contributed by atoms with Crippen molar-refractivity contribution in [3.8, 4) is 0 Å². The van der Waals surface area contributed by atoms with Gasteiger partial charge in [0.25, 0.3) is 0 Å². The van der Waals surface area contributed by atoms with Gasteiger partial charge < -0.3 is 15.5 Å². The highest BCUT2D eigenvalue weighted by Gasteiger charge is 2.16. The van der Waals surface area contributed by atoms with Crippen LogP contribution in [0, 0.1) is 5.92 Å². The van der Waals surface area contributed by atoms with Gasteiger partial charge in [-0.25, -0.2) is 4.79 Å². The number of urea groups is 1. The van der Waals surface area contributed by atoms with E-state index in [1.165, 1.54) is 4.90 Å². The fraction of sp³-hybridized carbons (Fsp3) is 0.429. The van der Waals surface area contributed by atoms with Gasteiger partial charge in [-0.3, -0.25) is 4.79 Å². The lowest BCUT2D eigenvalue weighted by molar-refractivity contribution is -0.124. The molecule has 5 heteroatoms. The van der Waals surface area contributed by atoms with Crippen LogP contribution in [0.15, 0.2) is 30.3 Å². The quantitative estimate of drug-likeness (QED) is 0.839. The van der Waals surface area contributed by atoms with Crippen LogP contribution in [0.3, 0.4) is 0 Å². The Balaban J connectivity index is 2.39. The third kappa shape index (κ3) is 4.99. The lowest BCUT2D eigenvalue weighted by Crippen LogP contribution is -2.42. The van der Waals surface area contributed by atoms with E-state index < -0.39 is 0 Å². The Kier molecular flexibility index (Phi) is 5.85. The maximum atomic E-state index is 11.8. The monoisotopic (exact) mass is 263 g/mol. The van der Waals surface area contributed by atoms with E-state index in [0.717, 1.165) is 5.56 Å². The fourth-order valence-electron chi connectivity index (χ4n) is 1.73. The molecule has 0 heterocycles. The molecule has 3 amide bonds. The zero-order valence-electron chi connectivity index (χ0n) is 11.6. The fourth-order valence-corrected chi connectivity index (χ4v) is 1.73. The molecule has 0 spiro atoms. The summed E-state index contributed by atoms with van der Waals surface area (Å²) in [6, 6.07) is 9.51. The predicted octanol–water partition coefficient (Wildman–Crippen LogP) is 1.21. The van der Waals surface area contributed by atoms with E-state index in [2.05, 4.69) is 10.6 Å². The molecule has 1 unspecified atom stereocenters. The van der Waals surface area contributed by atoms with Gasteiger partial charge in [0.1, 0.15) is 0 Å². The molecule has 0 aliphatic carbocycles. The van der Waals surface area contributed by atoms with E-state index in [1.54, 1.807) is 21.0 Å². The first kappa shape index (κ1) is 15.0. The van der Waals surface area contributed by atoms with E-state index in [4.69, 9.17) is 0 Å². The average molecular weight is 263 g/mol. The van der Waals surface area contributed by atoms with Gasteiger partial charge in [0, 0.05) is 27.2 Å². The molecular formula is C14H21N3O2. The Hall–Kier alpha value is -2.04. The van der Waals surface area contributed by atoms with Crippen molar-refractivity contribution in [2.24, 2.45) is 5.92 Å². The van der Waals surface area contributed by atoms with Gasteiger partial charge in [0.15, 0.2) is 0 Å². The van der Waals surface area contributed by atoms with Crippen LogP contribution in [-0.4, -0.2) is 37.5 Å². The lowest BCUT2D eigenvalue weighted by Gasteiger charge is -2.21. The third-order valence-electron chi connectivity index (χ3n) is 2.87. The van der Waals surface area contributed by atoms with E-state index in [-0.39, 0.29) is 17.9 Å². The number of nitrogens with one attached hydrogen (secondary N) is 2. The van der Waals surface area contributed by atoms with Crippen LogP contribution >= 0.6 is 0 Å². The molecule has 1 rings (SSSR count). The topological polar surface area (TPSA) is 61.4 Å². The Morgan fingerprint density at radius 3 is 2.47 bits per heavy atom. The van der Waals surface area contributed by atoms with E-state index in [1.807, 2.05) is 30.3 Å². The molecule has 0 aliphatic heterocycles. The second kappa shape index (κ2) is 7.41. The van der Waals surface area contributed by atoms with Crippen molar-refractivity contribution in [2.45, 2.75) is 13.5 Å². The second-order valence-corrected chi connectivity index (χ2v) is 4.54. The molecular weight excluding hydrogens is 242 g/mol. The van der Waals surface area contributed by atoms with E-state index in [0.29, 0.717) is 13.1 Å². The lowest BCUT2D eigenvalue weighted by atomic mass is 10.1. The van der Waals surface area contributed by atoms with Crippen LogP contribution < -0.4 is 10.6 Å². The van der Waals surface area contributed by atoms with Crippen molar-refractivity contribution in [3.05, 3.63) is 35.9 Å². The minimum atomic E-state index is -0.225. The smallest absolute Gasteiger partial charge is 0.317 e. The summed E-state index contributed by atoms with van der Waals surface area (Å²) in [5, 5.41) is 5.39. The molecule has 1 aromatic rings. The molecule has 19 heavy (non-hydrogen) atoms. The van der Waals surface area contributed by atoms with Crippen LogP contribution in [0.2, 0.25) is 0 Å². The molecule has 0 bridgehead atoms. The molecule has 0 saturated heterocycles. The average Bonchev–Trinajstić information content (AvgIpc) is 2.44. The number of hydrogen-bond acceptors (Lipinski definition) is 2. The van der Waals surface area contributed by atoms with Gasteiger partial charge in [-0.05, 0) is 5.56 Å². The minimum Gasteiger partial charge on any atom is -0.359 e. The summed E-state index contributed by atoms with van der Waals surface area (Å²) in [6.07, 6.45) is 0. The Morgan fingerprint density at radius 1 is 1.26 bits per heavy atom. The summed E-state index contributed by atoms with van der Waals surface area (Å²) in [4.78, 5) is 24.7. The molecule has 0 fully saturated rings. The molecule has 5 nitrogen and oxygen atoms in total. The number of amides is 3. The molecule has 2 N–H and O–H groups in total. The van der Waals surface area contributed by atoms with Crippen molar-refractivity contribution in [2.75, 3.05) is 20.6 Å². The number of carbonyl (C=O) groups excluding carboxylic acids is 2. The van der Waals surface area contributed by atoms with Crippen molar-refractivity contribution in [3.63, 3.8) is 0 Å². The Morgan fingerprint density at radius 2 is 1.89 bits per heavy atom. The zero-order valence-corrected chi connectivity index (χ0v) is 11.6. The maximum absolute atomic E-state index is 11.8. The largest absolute Gasteiger partial charge is 0.359 e. The highest BCUT2D eigenvalue weighted by Crippen LogP contribution is 2.00. The van der Waals surface area contributed by atoms with Gasteiger partial charge in [-0.15, -0.1) is 0 Å². The highest BCUT2D eigenvalue weighted by molar-refractivity contribution is 5.79. The summed E-state index contributed by atoms with van der Waals surface area (Å²) in [7, 11) is 3.27. The Bertz CT molecular complexity index is 420. The van der Waals surface area contributed by atoms with Crippen molar-refractivity contribution < 1.29 is 9.59 Å². The van der Waals surface area contributed by atoms with Crippen molar-refractivity contribution in [1.29, 1.82) is 0 Å². The molecule has 0 aliphatic rings. The molecule has 0 saturated carbocycles. The number of rotatable bonds is 5. The van der Waals surface area contributed by atoms with E-state index >= 15 is 0 Å². The second-order valence-electron chi connectivity index (χ2n) is 4.54. The van der Waals surface area contributed by atoms with Gasteiger partial charge >= 0.3 is 6.03 Å². The molecule has 0 aromatic heterocycles. The van der Waals surface area contributed by atoms with Crippen LogP contribution in [0.1, 0.15) is 12.5 Å².